The Bertz CT molecular complexity index is 1170. The minimum Gasteiger partial charge on any atom is -0.326 e. The highest BCUT2D eigenvalue weighted by atomic mass is 32.2. The Hall–Kier alpha value is -2.78. The van der Waals surface area contributed by atoms with E-state index >= 15 is 0 Å². The van der Waals surface area contributed by atoms with Crippen LogP contribution in [0.5, 0.6) is 0 Å². The van der Waals surface area contributed by atoms with Crippen molar-refractivity contribution >= 4 is 32.7 Å². The summed E-state index contributed by atoms with van der Waals surface area (Å²) in [6.07, 6.45) is 3.83. The van der Waals surface area contributed by atoms with Gasteiger partial charge in [-0.2, -0.15) is 4.31 Å². The van der Waals surface area contributed by atoms with Gasteiger partial charge in [0.2, 0.25) is 15.9 Å². The Morgan fingerprint density at radius 3 is 2.55 bits per heavy atom. The highest BCUT2D eigenvalue weighted by molar-refractivity contribution is 7.89. The van der Waals surface area contributed by atoms with Gasteiger partial charge in [-0.05, 0) is 56.5 Å². The lowest BCUT2D eigenvalue weighted by Crippen LogP contribution is -2.35. The third kappa shape index (κ3) is 4.94. The monoisotopic (exact) mass is 441 g/mol. The largest absolute Gasteiger partial charge is 0.326 e. The van der Waals surface area contributed by atoms with E-state index in [9.17, 15) is 13.2 Å². The van der Waals surface area contributed by atoms with E-state index in [4.69, 9.17) is 0 Å². The standard InChI is InChI=1S/C22H27N5O3S/c1-17-7-9-18(10-8-17)23-22(28)6-5-15-27-21-12-11-19(16-20(21)24-25-27)31(29,30)26-13-3-2-4-14-26/h7-12,16H,2-6,13-15H2,1H3,(H,23,28). The van der Waals surface area contributed by atoms with Gasteiger partial charge in [-0.3, -0.25) is 4.79 Å². The molecule has 9 heteroatoms. The number of aromatic nitrogens is 3. The van der Waals surface area contributed by atoms with Crippen molar-refractivity contribution in [1.82, 2.24) is 19.3 Å². The van der Waals surface area contributed by atoms with Crippen molar-refractivity contribution < 1.29 is 13.2 Å². The summed E-state index contributed by atoms with van der Waals surface area (Å²) in [6, 6.07) is 12.6. The van der Waals surface area contributed by atoms with Crippen LogP contribution in [-0.4, -0.2) is 46.7 Å². The fourth-order valence-electron chi connectivity index (χ4n) is 3.78. The predicted molar refractivity (Wildman–Crippen MR) is 119 cm³/mol. The van der Waals surface area contributed by atoms with Gasteiger partial charge >= 0.3 is 0 Å². The molecule has 4 rings (SSSR count). The zero-order chi connectivity index (χ0) is 21.8. The number of benzene rings is 2. The molecule has 0 aliphatic carbocycles. The molecule has 1 aliphatic rings. The molecule has 1 aromatic heterocycles. The Morgan fingerprint density at radius 1 is 1.06 bits per heavy atom. The maximum absolute atomic E-state index is 12.9. The SMILES string of the molecule is Cc1ccc(NC(=O)CCCn2nnc3cc(S(=O)(=O)N4CCCCC4)ccc32)cc1. The molecule has 31 heavy (non-hydrogen) atoms. The van der Waals surface area contributed by atoms with Crippen LogP contribution >= 0.6 is 0 Å². The lowest BCUT2D eigenvalue weighted by molar-refractivity contribution is -0.116. The Morgan fingerprint density at radius 2 is 1.81 bits per heavy atom. The van der Waals surface area contributed by atoms with Gasteiger partial charge in [-0.25, -0.2) is 13.1 Å². The van der Waals surface area contributed by atoms with Gasteiger partial charge < -0.3 is 5.32 Å². The number of sulfonamides is 1. The van der Waals surface area contributed by atoms with Crippen LogP contribution in [0.1, 0.15) is 37.7 Å². The molecule has 1 aliphatic heterocycles. The molecule has 2 aromatic carbocycles. The molecule has 3 aromatic rings. The molecule has 0 saturated carbocycles. The molecule has 1 saturated heterocycles. The lowest BCUT2D eigenvalue weighted by Gasteiger charge is -2.25. The quantitative estimate of drug-likeness (QED) is 0.607. The number of nitrogens with one attached hydrogen (secondary N) is 1. The van der Waals surface area contributed by atoms with Crippen molar-refractivity contribution in [2.75, 3.05) is 18.4 Å². The van der Waals surface area contributed by atoms with Crippen LogP contribution in [0.3, 0.4) is 0 Å². The molecule has 8 nitrogen and oxygen atoms in total. The van der Waals surface area contributed by atoms with E-state index in [0.29, 0.717) is 38.0 Å². The van der Waals surface area contributed by atoms with Crippen molar-refractivity contribution in [3.8, 4) is 0 Å². The van der Waals surface area contributed by atoms with E-state index in [0.717, 1.165) is 36.0 Å². The number of carbonyl (C=O) groups is 1. The highest BCUT2D eigenvalue weighted by Crippen LogP contribution is 2.23. The topological polar surface area (TPSA) is 97.2 Å². The van der Waals surface area contributed by atoms with Crippen molar-refractivity contribution in [2.45, 2.75) is 50.5 Å². The zero-order valence-electron chi connectivity index (χ0n) is 17.6. The fourth-order valence-corrected chi connectivity index (χ4v) is 5.32. The number of amides is 1. The number of aryl methyl sites for hydroxylation is 2. The molecule has 1 N–H and O–H groups in total. The number of hydrogen-bond acceptors (Lipinski definition) is 5. The van der Waals surface area contributed by atoms with Gasteiger partial charge in [0.05, 0.1) is 10.4 Å². The minimum atomic E-state index is -3.50. The first-order valence-corrected chi connectivity index (χ1v) is 12.1. The van der Waals surface area contributed by atoms with Gasteiger partial charge in [0.1, 0.15) is 5.52 Å². The second-order valence-electron chi connectivity index (χ2n) is 7.95. The summed E-state index contributed by atoms with van der Waals surface area (Å²) in [6.45, 7) is 3.66. The average molecular weight is 442 g/mol. The van der Waals surface area contributed by atoms with Gasteiger partial charge in [-0.15, -0.1) is 5.10 Å². The molecule has 0 bridgehead atoms. The third-order valence-electron chi connectivity index (χ3n) is 5.55. The molecule has 0 spiro atoms. The van der Waals surface area contributed by atoms with Crippen LogP contribution in [0.2, 0.25) is 0 Å². The Balaban J connectivity index is 1.38. The summed E-state index contributed by atoms with van der Waals surface area (Å²) in [5, 5.41) is 11.2. The van der Waals surface area contributed by atoms with E-state index in [1.165, 1.54) is 0 Å². The lowest BCUT2D eigenvalue weighted by atomic mass is 10.2. The van der Waals surface area contributed by atoms with Gasteiger partial charge in [0.25, 0.3) is 0 Å². The summed E-state index contributed by atoms with van der Waals surface area (Å²) in [4.78, 5) is 12.4. The number of fused-ring (bicyclic) bond motifs is 1. The molecular formula is C22H27N5O3S. The molecule has 0 radical (unpaired) electrons. The third-order valence-corrected chi connectivity index (χ3v) is 7.44. The molecule has 164 valence electrons. The van der Waals surface area contributed by atoms with Crippen LogP contribution in [0, 0.1) is 6.92 Å². The first-order valence-electron chi connectivity index (χ1n) is 10.6. The highest BCUT2D eigenvalue weighted by Gasteiger charge is 2.26. The zero-order valence-corrected chi connectivity index (χ0v) is 18.4. The second kappa shape index (κ2) is 9.15. The maximum Gasteiger partial charge on any atom is 0.243 e. The van der Waals surface area contributed by atoms with E-state index in [2.05, 4.69) is 15.6 Å². The van der Waals surface area contributed by atoms with Crippen molar-refractivity contribution in [2.24, 2.45) is 0 Å². The van der Waals surface area contributed by atoms with E-state index in [-0.39, 0.29) is 10.8 Å². The molecule has 1 fully saturated rings. The van der Waals surface area contributed by atoms with E-state index in [1.807, 2.05) is 31.2 Å². The van der Waals surface area contributed by atoms with Crippen LogP contribution in [0.4, 0.5) is 5.69 Å². The number of rotatable bonds is 7. The van der Waals surface area contributed by atoms with Crippen LogP contribution < -0.4 is 5.32 Å². The fraction of sp³-hybridized carbons (Fsp3) is 0.409. The molecule has 0 atom stereocenters. The van der Waals surface area contributed by atoms with Gasteiger partial charge in [0.15, 0.2) is 0 Å². The van der Waals surface area contributed by atoms with Crippen molar-refractivity contribution in [3.05, 3.63) is 48.0 Å². The number of carbonyl (C=O) groups excluding carboxylic acids is 1. The minimum absolute atomic E-state index is 0.0526. The predicted octanol–water partition coefficient (Wildman–Crippen LogP) is 3.33. The van der Waals surface area contributed by atoms with Crippen LogP contribution in [0.15, 0.2) is 47.4 Å². The van der Waals surface area contributed by atoms with Gasteiger partial charge in [0, 0.05) is 31.7 Å². The second-order valence-corrected chi connectivity index (χ2v) is 9.88. The smallest absolute Gasteiger partial charge is 0.243 e. The number of piperidine rings is 1. The summed E-state index contributed by atoms with van der Waals surface area (Å²) >= 11 is 0. The Labute approximate surface area is 182 Å². The normalized spacial score (nSPS) is 15.3. The number of nitrogens with zero attached hydrogens (tertiary/aromatic N) is 4. The van der Waals surface area contributed by atoms with Crippen molar-refractivity contribution in [3.63, 3.8) is 0 Å². The first kappa shape index (κ1) is 21.5. The van der Waals surface area contributed by atoms with E-state index in [1.54, 1.807) is 27.2 Å². The van der Waals surface area contributed by atoms with Crippen LogP contribution in [-0.2, 0) is 21.4 Å². The summed E-state index contributed by atoms with van der Waals surface area (Å²) in [7, 11) is -3.50. The summed E-state index contributed by atoms with van der Waals surface area (Å²) in [5.74, 6) is -0.0526. The van der Waals surface area contributed by atoms with Gasteiger partial charge in [-0.1, -0.05) is 29.3 Å². The molecule has 2 heterocycles. The maximum atomic E-state index is 12.9. The number of hydrogen-bond donors (Lipinski definition) is 1. The van der Waals surface area contributed by atoms with Crippen LogP contribution in [0.25, 0.3) is 11.0 Å². The molecule has 1 amide bonds. The van der Waals surface area contributed by atoms with E-state index < -0.39 is 10.0 Å². The average Bonchev–Trinajstić information content (AvgIpc) is 3.18. The molecular weight excluding hydrogens is 414 g/mol. The first-order chi connectivity index (χ1) is 14.9. The summed E-state index contributed by atoms with van der Waals surface area (Å²) in [5.41, 5.74) is 3.23. The number of anilines is 1. The Kier molecular flexibility index (Phi) is 6.33. The summed E-state index contributed by atoms with van der Waals surface area (Å²) < 4.78 is 29.0. The van der Waals surface area contributed by atoms with Crippen molar-refractivity contribution in [1.29, 1.82) is 0 Å². The molecule has 0 unspecified atom stereocenters.